The first kappa shape index (κ1) is 25.7. The monoisotopic (exact) mass is 522 g/mol. The molecule has 0 saturated carbocycles. The molecule has 1 unspecified atom stereocenters. The lowest BCUT2D eigenvalue weighted by atomic mass is 9.93. The molecule has 12 heteroatoms. The fraction of sp³-hybridized carbons (Fsp3) is 0.560. The number of halogens is 4. The van der Waals surface area contributed by atoms with Gasteiger partial charge >= 0.3 is 12.2 Å². The predicted octanol–water partition coefficient (Wildman–Crippen LogP) is 3.39. The van der Waals surface area contributed by atoms with Gasteiger partial charge in [0.15, 0.2) is 0 Å². The summed E-state index contributed by atoms with van der Waals surface area (Å²) in [5, 5.41) is 6.38. The van der Waals surface area contributed by atoms with Crippen molar-refractivity contribution in [2.24, 2.45) is 0 Å². The number of amides is 2. The number of hydrogen-bond donors (Lipinski definition) is 2. The van der Waals surface area contributed by atoms with Gasteiger partial charge in [-0.2, -0.15) is 13.2 Å². The number of carbonyl (C=O) groups excluding carboxylic acids is 1. The van der Waals surface area contributed by atoms with Gasteiger partial charge in [0.2, 0.25) is 5.95 Å². The van der Waals surface area contributed by atoms with Crippen LogP contribution >= 0.6 is 0 Å². The molecule has 37 heavy (non-hydrogen) atoms. The number of rotatable bonds is 4. The van der Waals surface area contributed by atoms with Gasteiger partial charge in [-0.25, -0.2) is 19.2 Å². The first-order chi connectivity index (χ1) is 17.7. The Morgan fingerprint density at radius 2 is 1.97 bits per heavy atom. The van der Waals surface area contributed by atoms with E-state index in [0.717, 1.165) is 36.2 Å². The number of nitrogens with one attached hydrogen (secondary N) is 2. The number of alkyl halides is 3. The second-order valence-corrected chi connectivity index (χ2v) is 9.99. The minimum absolute atomic E-state index is 0.251. The van der Waals surface area contributed by atoms with Crippen LogP contribution in [0.1, 0.15) is 41.1 Å². The Morgan fingerprint density at radius 1 is 1.19 bits per heavy atom. The Labute approximate surface area is 212 Å². The Kier molecular flexibility index (Phi) is 7.21. The van der Waals surface area contributed by atoms with E-state index in [4.69, 9.17) is 4.74 Å². The number of aromatic nitrogens is 2. The van der Waals surface area contributed by atoms with Crippen molar-refractivity contribution < 1.29 is 27.1 Å². The molecule has 4 heterocycles. The Bertz CT molecular complexity index is 1140. The van der Waals surface area contributed by atoms with Crippen LogP contribution in [0.5, 0.6) is 0 Å². The van der Waals surface area contributed by atoms with E-state index in [1.165, 1.54) is 6.07 Å². The molecule has 3 aliphatic rings. The van der Waals surface area contributed by atoms with E-state index in [1.807, 2.05) is 11.9 Å². The van der Waals surface area contributed by atoms with Gasteiger partial charge in [-0.15, -0.1) is 0 Å². The lowest BCUT2D eigenvalue weighted by Gasteiger charge is -2.31. The van der Waals surface area contributed by atoms with Gasteiger partial charge in [0.25, 0.3) is 0 Å². The van der Waals surface area contributed by atoms with Crippen molar-refractivity contribution in [3.63, 3.8) is 0 Å². The third-order valence-electron chi connectivity index (χ3n) is 7.33. The molecule has 0 bridgehead atoms. The Hall–Kier alpha value is -2.99. The summed E-state index contributed by atoms with van der Waals surface area (Å²) < 4.78 is 58.6. The molecule has 2 aromatic rings. The number of likely N-dealkylation sites (tertiary alicyclic amines) is 1. The van der Waals surface area contributed by atoms with Crippen molar-refractivity contribution in [2.45, 2.75) is 50.0 Å². The third kappa shape index (κ3) is 5.80. The maximum atomic E-state index is 14.2. The van der Waals surface area contributed by atoms with Crippen molar-refractivity contribution in [2.75, 3.05) is 45.2 Å². The summed E-state index contributed by atoms with van der Waals surface area (Å²) in [4.78, 5) is 25.9. The molecule has 0 spiro atoms. The van der Waals surface area contributed by atoms with Crippen LogP contribution in [-0.2, 0) is 23.9 Å². The molecule has 0 radical (unpaired) electrons. The largest absolute Gasteiger partial charge is 0.419 e. The molecular formula is C25H30F4N6O2. The number of urea groups is 1. The van der Waals surface area contributed by atoms with Crippen molar-refractivity contribution in [1.82, 2.24) is 25.1 Å². The maximum absolute atomic E-state index is 14.2. The number of benzene rings is 1. The topological polar surface area (TPSA) is 82.6 Å². The van der Waals surface area contributed by atoms with Gasteiger partial charge in [0.1, 0.15) is 5.82 Å². The van der Waals surface area contributed by atoms with Crippen molar-refractivity contribution in [3.8, 4) is 0 Å². The van der Waals surface area contributed by atoms with Crippen LogP contribution < -0.4 is 10.6 Å². The lowest BCUT2D eigenvalue weighted by Crippen LogP contribution is -2.49. The average Bonchev–Trinajstić information content (AvgIpc) is 3.23. The third-order valence-corrected chi connectivity index (χ3v) is 7.33. The van der Waals surface area contributed by atoms with Crippen LogP contribution in [-0.4, -0.2) is 77.8 Å². The number of anilines is 1. The molecule has 2 fully saturated rings. The molecule has 1 aromatic carbocycles. The molecule has 8 nitrogen and oxygen atoms in total. The highest BCUT2D eigenvalue weighted by Gasteiger charge is 2.38. The van der Waals surface area contributed by atoms with Crippen LogP contribution in [0.25, 0.3) is 0 Å². The molecular weight excluding hydrogens is 492 g/mol. The van der Waals surface area contributed by atoms with Gasteiger partial charge in [-0.3, -0.25) is 0 Å². The van der Waals surface area contributed by atoms with Crippen molar-refractivity contribution in [1.29, 1.82) is 0 Å². The first-order valence-electron chi connectivity index (χ1n) is 12.5. The molecule has 2 saturated heterocycles. The molecule has 3 aliphatic heterocycles. The quantitative estimate of drug-likeness (QED) is 0.600. The van der Waals surface area contributed by atoms with Gasteiger partial charge in [-0.1, -0.05) is 6.07 Å². The number of carbonyl (C=O) groups is 1. The number of fused-ring (bicyclic) bond motifs is 1. The fourth-order valence-electron chi connectivity index (χ4n) is 5.30. The summed E-state index contributed by atoms with van der Waals surface area (Å²) in [5.41, 5.74) is 0.930. The molecule has 2 N–H and O–H groups in total. The molecule has 1 aromatic heterocycles. The van der Waals surface area contributed by atoms with Crippen LogP contribution in [0.2, 0.25) is 0 Å². The smallest absolute Gasteiger partial charge is 0.381 e. The molecule has 2 amide bonds. The van der Waals surface area contributed by atoms with E-state index in [1.54, 1.807) is 11.1 Å². The Balaban J connectivity index is 1.25. The summed E-state index contributed by atoms with van der Waals surface area (Å²) >= 11 is 0. The van der Waals surface area contributed by atoms with E-state index in [-0.39, 0.29) is 24.0 Å². The van der Waals surface area contributed by atoms with Gasteiger partial charge in [-0.05, 0) is 49.6 Å². The van der Waals surface area contributed by atoms with E-state index >= 15 is 0 Å². The number of nitrogens with zero attached hydrogens (tertiary/aromatic N) is 4. The number of hydrogen-bond acceptors (Lipinski definition) is 6. The molecule has 2 atom stereocenters. The highest BCUT2D eigenvalue weighted by Crippen LogP contribution is 2.34. The second-order valence-electron chi connectivity index (χ2n) is 9.99. The van der Waals surface area contributed by atoms with Gasteiger partial charge < -0.3 is 25.2 Å². The average molecular weight is 523 g/mol. The summed E-state index contributed by atoms with van der Waals surface area (Å²) in [5.74, 6) is -1.10. The lowest BCUT2D eigenvalue weighted by molar-refractivity contribution is -0.140. The summed E-state index contributed by atoms with van der Waals surface area (Å²) in [6, 6.07) is 2.62. The van der Waals surface area contributed by atoms with E-state index in [2.05, 4.69) is 20.6 Å². The van der Waals surface area contributed by atoms with E-state index in [0.29, 0.717) is 57.3 Å². The minimum Gasteiger partial charge on any atom is -0.381 e. The standard InChI is InChI=1S/C25H30F4N6O2/c1-34-12-18(15-2-3-19(20(26)10-15)25(27,28)29)22(13-34)33-24(36)35-7-4-16-11-30-23(32-21(16)14-35)31-17-5-8-37-9-6-17/h2-3,10-11,17-18,22H,4-9,12-14H2,1H3,(H,33,36)(H,30,31,32)/t18-,22?/m0/s1. The van der Waals surface area contributed by atoms with Gasteiger partial charge in [0, 0.05) is 51.0 Å². The summed E-state index contributed by atoms with van der Waals surface area (Å²) in [7, 11) is 1.86. The zero-order valence-corrected chi connectivity index (χ0v) is 20.5. The zero-order chi connectivity index (χ0) is 26.2. The van der Waals surface area contributed by atoms with E-state index < -0.39 is 17.6 Å². The predicted molar refractivity (Wildman–Crippen MR) is 128 cm³/mol. The van der Waals surface area contributed by atoms with Crippen LogP contribution in [0.3, 0.4) is 0 Å². The molecule has 200 valence electrons. The number of ether oxygens (including phenoxy) is 1. The Morgan fingerprint density at radius 3 is 2.70 bits per heavy atom. The zero-order valence-electron chi connectivity index (χ0n) is 20.5. The normalized spacial score (nSPS) is 23.1. The highest BCUT2D eigenvalue weighted by molar-refractivity contribution is 5.75. The SMILES string of the molecule is CN1CC(NC(=O)N2CCc3cnc(NC4CCOCC4)nc3C2)[C@H](c2ccc(C(F)(F)F)c(F)c2)C1. The molecule has 5 rings (SSSR count). The fourth-order valence-corrected chi connectivity index (χ4v) is 5.30. The second kappa shape index (κ2) is 10.4. The maximum Gasteiger partial charge on any atom is 0.419 e. The molecule has 0 aliphatic carbocycles. The van der Waals surface area contributed by atoms with Crippen LogP contribution in [0.4, 0.5) is 28.3 Å². The first-order valence-corrected chi connectivity index (χ1v) is 12.5. The van der Waals surface area contributed by atoms with Crippen LogP contribution in [0.15, 0.2) is 24.4 Å². The summed E-state index contributed by atoms with van der Waals surface area (Å²) in [6.07, 6.45) is -0.556. The minimum atomic E-state index is -4.75. The summed E-state index contributed by atoms with van der Waals surface area (Å²) in [6.45, 7) is 3.23. The highest BCUT2D eigenvalue weighted by atomic mass is 19.4. The van der Waals surface area contributed by atoms with Gasteiger partial charge in [0.05, 0.1) is 23.8 Å². The van der Waals surface area contributed by atoms with Crippen LogP contribution in [0, 0.1) is 5.82 Å². The number of likely N-dealkylation sites (N-methyl/N-ethyl adjacent to an activating group) is 1. The van der Waals surface area contributed by atoms with Crippen molar-refractivity contribution in [3.05, 3.63) is 52.6 Å². The van der Waals surface area contributed by atoms with Crippen molar-refractivity contribution >= 4 is 12.0 Å². The van der Waals surface area contributed by atoms with E-state index in [9.17, 15) is 22.4 Å².